The van der Waals surface area contributed by atoms with Crippen molar-refractivity contribution in [2.24, 2.45) is 11.7 Å². The van der Waals surface area contributed by atoms with Gasteiger partial charge in [0.25, 0.3) is 0 Å². The minimum atomic E-state index is -0.245. The van der Waals surface area contributed by atoms with Crippen LogP contribution >= 0.6 is 0 Å². The molecule has 2 unspecified atom stereocenters. The van der Waals surface area contributed by atoms with Crippen LogP contribution in [0.3, 0.4) is 0 Å². The Morgan fingerprint density at radius 3 is 2.87 bits per heavy atom. The summed E-state index contributed by atoms with van der Waals surface area (Å²) in [6.07, 6.45) is 3.30. The van der Waals surface area contributed by atoms with Crippen molar-refractivity contribution in [3.63, 3.8) is 0 Å². The largest absolute Gasteiger partial charge is 0.321 e. The van der Waals surface area contributed by atoms with E-state index in [-0.39, 0.29) is 11.4 Å². The summed E-state index contributed by atoms with van der Waals surface area (Å²) >= 11 is 0. The van der Waals surface area contributed by atoms with Crippen LogP contribution in [0, 0.1) is 18.7 Å². The molecule has 0 bridgehead atoms. The molecular formula is C13H18FN. The summed E-state index contributed by atoms with van der Waals surface area (Å²) in [6, 6.07) is 5.39. The van der Waals surface area contributed by atoms with Crippen molar-refractivity contribution in [3.05, 3.63) is 35.1 Å². The maximum atomic E-state index is 13.4. The third kappa shape index (κ3) is 1.78. The molecule has 0 heterocycles. The van der Waals surface area contributed by atoms with Gasteiger partial charge in [0.1, 0.15) is 5.82 Å². The molecule has 15 heavy (non-hydrogen) atoms. The molecule has 1 aromatic carbocycles. The van der Waals surface area contributed by atoms with Gasteiger partial charge in [0.2, 0.25) is 0 Å². The fourth-order valence-electron chi connectivity index (χ4n) is 2.29. The molecule has 1 aliphatic rings. The number of aryl methyl sites for hydroxylation is 1. The van der Waals surface area contributed by atoms with Gasteiger partial charge < -0.3 is 5.73 Å². The van der Waals surface area contributed by atoms with E-state index < -0.39 is 0 Å². The highest BCUT2D eigenvalue weighted by molar-refractivity contribution is 5.34. The highest BCUT2D eigenvalue weighted by Gasteiger charge is 2.51. The Labute approximate surface area is 90.5 Å². The average molecular weight is 207 g/mol. The molecule has 82 valence electrons. The maximum Gasteiger partial charge on any atom is 0.126 e. The topological polar surface area (TPSA) is 26.0 Å². The zero-order chi connectivity index (χ0) is 11.1. The van der Waals surface area contributed by atoms with Gasteiger partial charge in [-0.3, -0.25) is 0 Å². The molecule has 0 aromatic heterocycles. The summed E-state index contributed by atoms with van der Waals surface area (Å²) in [5.41, 5.74) is 7.66. The standard InChI is InChI=1S/C13H18FN/c1-3-4-11-8-13(11,15)10-6-5-9(2)12(14)7-10/h5-7,11H,3-4,8,15H2,1-2H3. The second kappa shape index (κ2) is 3.60. The molecule has 0 radical (unpaired) electrons. The van der Waals surface area contributed by atoms with Crippen molar-refractivity contribution < 1.29 is 4.39 Å². The zero-order valence-electron chi connectivity index (χ0n) is 9.39. The smallest absolute Gasteiger partial charge is 0.126 e. The van der Waals surface area contributed by atoms with Crippen LogP contribution in [-0.4, -0.2) is 0 Å². The summed E-state index contributed by atoms with van der Waals surface area (Å²) in [5.74, 6) is 0.407. The molecule has 2 atom stereocenters. The molecule has 2 N–H and O–H groups in total. The van der Waals surface area contributed by atoms with Crippen molar-refractivity contribution in [1.82, 2.24) is 0 Å². The Kier molecular flexibility index (Phi) is 2.55. The van der Waals surface area contributed by atoms with Gasteiger partial charge in [-0.2, -0.15) is 0 Å². The van der Waals surface area contributed by atoms with E-state index in [0.29, 0.717) is 11.5 Å². The van der Waals surface area contributed by atoms with Gasteiger partial charge in [0.15, 0.2) is 0 Å². The van der Waals surface area contributed by atoms with Crippen LogP contribution in [0.15, 0.2) is 18.2 Å². The van der Waals surface area contributed by atoms with E-state index >= 15 is 0 Å². The Morgan fingerprint density at radius 1 is 1.53 bits per heavy atom. The number of hydrogen-bond acceptors (Lipinski definition) is 1. The van der Waals surface area contributed by atoms with Crippen molar-refractivity contribution >= 4 is 0 Å². The summed E-state index contributed by atoms with van der Waals surface area (Å²) in [7, 11) is 0. The third-order valence-corrected chi connectivity index (χ3v) is 3.50. The third-order valence-electron chi connectivity index (χ3n) is 3.50. The molecule has 1 fully saturated rings. The first kappa shape index (κ1) is 10.6. The van der Waals surface area contributed by atoms with E-state index in [4.69, 9.17) is 5.73 Å². The maximum absolute atomic E-state index is 13.4. The lowest BCUT2D eigenvalue weighted by Crippen LogP contribution is -2.22. The predicted octanol–water partition coefficient (Wildman–Crippen LogP) is 3.11. The quantitative estimate of drug-likeness (QED) is 0.809. The molecule has 0 amide bonds. The summed E-state index contributed by atoms with van der Waals surface area (Å²) in [4.78, 5) is 0. The van der Waals surface area contributed by atoms with Crippen molar-refractivity contribution in [2.75, 3.05) is 0 Å². The lowest BCUT2D eigenvalue weighted by molar-refractivity contribution is 0.570. The van der Waals surface area contributed by atoms with Gasteiger partial charge in [-0.25, -0.2) is 4.39 Å². The Bertz CT molecular complexity index is 375. The molecule has 1 nitrogen and oxygen atoms in total. The fourth-order valence-corrected chi connectivity index (χ4v) is 2.29. The second-order valence-electron chi connectivity index (χ2n) is 4.69. The van der Waals surface area contributed by atoms with E-state index in [0.717, 1.165) is 24.8 Å². The van der Waals surface area contributed by atoms with Gasteiger partial charge >= 0.3 is 0 Å². The van der Waals surface area contributed by atoms with Crippen molar-refractivity contribution in [2.45, 2.75) is 38.6 Å². The molecule has 1 aromatic rings. The lowest BCUT2D eigenvalue weighted by atomic mass is 10.00. The van der Waals surface area contributed by atoms with Gasteiger partial charge in [0.05, 0.1) is 0 Å². The monoisotopic (exact) mass is 207 g/mol. The zero-order valence-corrected chi connectivity index (χ0v) is 9.39. The summed E-state index contributed by atoms with van der Waals surface area (Å²) in [6.45, 7) is 3.94. The number of rotatable bonds is 3. The Balaban J connectivity index is 2.21. The minimum Gasteiger partial charge on any atom is -0.321 e. The number of halogens is 1. The predicted molar refractivity (Wildman–Crippen MR) is 60.0 cm³/mol. The first-order valence-electron chi connectivity index (χ1n) is 5.63. The molecule has 1 aliphatic carbocycles. The van der Waals surface area contributed by atoms with E-state index in [9.17, 15) is 4.39 Å². The SMILES string of the molecule is CCCC1CC1(N)c1ccc(C)c(F)c1. The highest BCUT2D eigenvalue weighted by atomic mass is 19.1. The molecule has 0 aliphatic heterocycles. The molecule has 0 spiro atoms. The van der Waals surface area contributed by atoms with E-state index in [2.05, 4.69) is 6.92 Å². The summed E-state index contributed by atoms with van der Waals surface area (Å²) in [5, 5.41) is 0. The van der Waals surface area contributed by atoms with E-state index in [1.54, 1.807) is 13.0 Å². The first-order valence-corrected chi connectivity index (χ1v) is 5.63. The van der Waals surface area contributed by atoms with Gasteiger partial charge in [0, 0.05) is 5.54 Å². The van der Waals surface area contributed by atoms with E-state index in [1.165, 1.54) is 0 Å². The van der Waals surface area contributed by atoms with Crippen LogP contribution in [-0.2, 0) is 5.54 Å². The van der Waals surface area contributed by atoms with Crippen LogP contribution in [0.4, 0.5) is 4.39 Å². The number of benzene rings is 1. The average Bonchev–Trinajstić information content (AvgIpc) is 2.84. The molecule has 1 saturated carbocycles. The molecular weight excluding hydrogens is 189 g/mol. The molecule has 2 rings (SSSR count). The van der Waals surface area contributed by atoms with Gasteiger partial charge in [-0.1, -0.05) is 25.5 Å². The second-order valence-corrected chi connectivity index (χ2v) is 4.69. The van der Waals surface area contributed by atoms with E-state index in [1.807, 2.05) is 12.1 Å². The van der Waals surface area contributed by atoms with Crippen LogP contribution in [0.25, 0.3) is 0 Å². The fraction of sp³-hybridized carbons (Fsp3) is 0.538. The molecule has 2 heteroatoms. The van der Waals surface area contributed by atoms with Crippen molar-refractivity contribution in [1.29, 1.82) is 0 Å². The minimum absolute atomic E-state index is 0.139. The van der Waals surface area contributed by atoms with Crippen LogP contribution in [0.2, 0.25) is 0 Å². The Morgan fingerprint density at radius 2 is 2.27 bits per heavy atom. The summed E-state index contributed by atoms with van der Waals surface area (Å²) < 4.78 is 13.4. The first-order chi connectivity index (χ1) is 7.08. The van der Waals surface area contributed by atoms with Crippen LogP contribution < -0.4 is 5.73 Å². The lowest BCUT2D eigenvalue weighted by Gasteiger charge is -2.12. The normalized spacial score (nSPS) is 29.2. The number of nitrogens with two attached hydrogens (primary N) is 1. The number of hydrogen-bond donors (Lipinski definition) is 1. The van der Waals surface area contributed by atoms with Crippen LogP contribution in [0.5, 0.6) is 0 Å². The highest BCUT2D eigenvalue weighted by Crippen LogP contribution is 2.52. The molecule has 0 saturated heterocycles. The Hall–Kier alpha value is -0.890. The van der Waals surface area contributed by atoms with Gasteiger partial charge in [-0.05, 0) is 42.9 Å². The van der Waals surface area contributed by atoms with Crippen LogP contribution in [0.1, 0.15) is 37.3 Å². The van der Waals surface area contributed by atoms with Crippen molar-refractivity contribution in [3.8, 4) is 0 Å². The van der Waals surface area contributed by atoms with Gasteiger partial charge in [-0.15, -0.1) is 0 Å².